The predicted octanol–water partition coefficient (Wildman–Crippen LogP) is 0.417. The van der Waals surface area contributed by atoms with Crippen LogP contribution in [0.2, 0.25) is 0 Å². The Kier molecular flexibility index (Phi) is 4.50. The number of likely N-dealkylation sites (N-methyl/N-ethyl adjacent to an activating group) is 1. The van der Waals surface area contributed by atoms with Crippen LogP contribution in [0, 0.1) is 6.92 Å². The monoisotopic (exact) mass is 257 g/mol. The van der Waals surface area contributed by atoms with Gasteiger partial charge in [0.05, 0.1) is 4.90 Å². The van der Waals surface area contributed by atoms with Gasteiger partial charge in [0.25, 0.3) is 0 Å². The van der Waals surface area contributed by atoms with Gasteiger partial charge in [-0.15, -0.1) is 0 Å². The van der Waals surface area contributed by atoms with E-state index in [0.29, 0.717) is 24.3 Å². The molecule has 17 heavy (non-hydrogen) atoms. The first kappa shape index (κ1) is 14.0. The minimum absolute atomic E-state index is 0.283. The molecule has 0 spiro atoms. The van der Waals surface area contributed by atoms with Crippen LogP contribution in [-0.2, 0) is 10.0 Å². The molecule has 96 valence electrons. The summed E-state index contributed by atoms with van der Waals surface area (Å²) < 4.78 is 26.5. The highest BCUT2D eigenvalue weighted by Crippen LogP contribution is 2.17. The molecule has 0 amide bonds. The Morgan fingerprint density at radius 1 is 1.35 bits per heavy atom. The minimum Gasteiger partial charge on any atom is -0.399 e. The molecule has 1 aromatic carbocycles. The topological polar surface area (TPSA) is 75.4 Å². The molecule has 0 saturated carbocycles. The van der Waals surface area contributed by atoms with Crippen molar-refractivity contribution in [2.24, 2.45) is 0 Å². The smallest absolute Gasteiger partial charge is 0.240 e. The van der Waals surface area contributed by atoms with Gasteiger partial charge in [-0.05, 0) is 44.8 Å². The molecule has 1 aromatic rings. The number of nitrogen functional groups attached to an aromatic ring is 1. The summed E-state index contributed by atoms with van der Waals surface area (Å²) in [7, 11) is 0.348. The van der Waals surface area contributed by atoms with Crippen molar-refractivity contribution in [1.29, 1.82) is 0 Å². The summed E-state index contributed by atoms with van der Waals surface area (Å²) in [5, 5.41) is 0. The summed E-state index contributed by atoms with van der Waals surface area (Å²) >= 11 is 0. The van der Waals surface area contributed by atoms with E-state index in [9.17, 15) is 8.42 Å². The molecule has 0 aromatic heterocycles. The SMILES string of the molecule is Cc1cc(N)ccc1S(=O)(=O)NCCN(C)C. The van der Waals surface area contributed by atoms with E-state index in [-0.39, 0.29) is 4.90 Å². The van der Waals surface area contributed by atoms with Crippen molar-refractivity contribution >= 4 is 15.7 Å². The molecule has 0 unspecified atom stereocenters. The van der Waals surface area contributed by atoms with Gasteiger partial charge in [-0.25, -0.2) is 13.1 Å². The van der Waals surface area contributed by atoms with Crippen LogP contribution >= 0.6 is 0 Å². The Bertz CT molecular complexity index is 483. The fourth-order valence-corrected chi connectivity index (χ4v) is 2.70. The number of hydrogen-bond donors (Lipinski definition) is 2. The van der Waals surface area contributed by atoms with E-state index in [1.165, 1.54) is 6.07 Å². The second kappa shape index (κ2) is 5.48. The maximum absolute atomic E-state index is 12.0. The molecule has 6 heteroatoms. The van der Waals surface area contributed by atoms with Gasteiger partial charge < -0.3 is 10.6 Å². The lowest BCUT2D eigenvalue weighted by Crippen LogP contribution is -2.31. The van der Waals surface area contributed by atoms with E-state index in [2.05, 4.69) is 4.72 Å². The van der Waals surface area contributed by atoms with Gasteiger partial charge in [-0.1, -0.05) is 0 Å². The van der Waals surface area contributed by atoms with Gasteiger partial charge in [0.1, 0.15) is 0 Å². The number of anilines is 1. The molecule has 0 saturated heterocycles. The Morgan fingerprint density at radius 2 is 2.00 bits per heavy atom. The van der Waals surface area contributed by atoms with Gasteiger partial charge in [-0.3, -0.25) is 0 Å². The van der Waals surface area contributed by atoms with Crippen molar-refractivity contribution in [3.8, 4) is 0 Å². The second-order valence-corrected chi connectivity index (χ2v) is 5.96. The van der Waals surface area contributed by atoms with Crippen LogP contribution in [0.4, 0.5) is 5.69 Å². The van der Waals surface area contributed by atoms with Crippen LogP contribution < -0.4 is 10.5 Å². The lowest BCUT2D eigenvalue weighted by atomic mass is 10.2. The molecule has 0 aliphatic heterocycles. The third-order valence-corrected chi connectivity index (χ3v) is 3.96. The molecular weight excluding hydrogens is 238 g/mol. The molecule has 5 nitrogen and oxygen atoms in total. The van der Waals surface area contributed by atoms with E-state index in [4.69, 9.17) is 5.73 Å². The van der Waals surface area contributed by atoms with Gasteiger partial charge in [0, 0.05) is 18.8 Å². The highest BCUT2D eigenvalue weighted by atomic mass is 32.2. The summed E-state index contributed by atoms with van der Waals surface area (Å²) in [6.07, 6.45) is 0. The number of rotatable bonds is 5. The maximum Gasteiger partial charge on any atom is 0.240 e. The summed E-state index contributed by atoms with van der Waals surface area (Å²) in [6, 6.07) is 4.77. The first-order valence-corrected chi connectivity index (χ1v) is 6.82. The third-order valence-electron chi connectivity index (χ3n) is 2.34. The molecule has 0 bridgehead atoms. The number of benzene rings is 1. The van der Waals surface area contributed by atoms with Crippen LogP contribution in [0.1, 0.15) is 5.56 Å². The average molecular weight is 257 g/mol. The Hall–Kier alpha value is -1.11. The fraction of sp³-hybridized carbons (Fsp3) is 0.455. The van der Waals surface area contributed by atoms with E-state index in [0.717, 1.165) is 0 Å². The summed E-state index contributed by atoms with van der Waals surface area (Å²) in [4.78, 5) is 2.20. The molecule has 0 aliphatic carbocycles. The van der Waals surface area contributed by atoms with Gasteiger partial charge in [0.15, 0.2) is 0 Å². The van der Waals surface area contributed by atoms with Gasteiger partial charge >= 0.3 is 0 Å². The van der Waals surface area contributed by atoms with Crippen LogP contribution in [-0.4, -0.2) is 40.5 Å². The molecule has 1 rings (SSSR count). The zero-order valence-corrected chi connectivity index (χ0v) is 11.2. The number of aryl methyl sites for hydroxylation is 1. The van der Waals surface area contributed by atoms with Crippen molar-refractivity contribution in [3.63, 3.8) is 0 Å². The van der Waals surface area contributed by atoms with Gasteiger partial charge in [-0.2, -0.15) is 0 Å². The minimum atomic E-state index is -3.44. The van der Waals surface area contributed by atoms with Crippen molar-refractivity contribution in [1.82, 2.24) is 9.62 Å². The van der Waals surface area contributed by atoms with Crippen molar-refractivity contribution in [3.05, 3.63) is 23.8 Å². The number of hydrogen-bond acceptors (Lipinski definition) is 4. The van der Waals surface area contributed by atoms with Crippen LogP contribution in [0.5, 0.6) is 0 Å². The Morgan fingerprint density at radius 3 is 2.53 bits per heavy atom. The van der Waals surface area contributed by atoms with Crippen molar-refractivity contribution < 1.29 is 8.42 Å². The normalized spacial score (nSPS) is 12.0. The largest absolute Gasteiger partial charge is 0.399 e. The standard InChI is InChI=1S/C11H19N3O2S/c1-9-8-10(12)4-5-11(9)17(15,16)13-6-7-14(2)3/h4-5,8,13H,6-7,12H2,1-3H3. The molecular formula is C11H19N3O2S. The summed E-state index contributed by atoms with van der Waals surface area (Å²) in [5.41, 5.74) is 6.81. The molecule has 0 heterocycles. The first-order chi connectivity index (χ1) is 7.83. The number of nitrogens with two attached hydrogens (primary N) is 1. The Labute approximate surface area is 103 Å². The van der Waals surface area contributed by atoms with Crippen molar-refractivity contribution in [2.45, 2.75) is 11.8 Å². The molecule has 0 fully saturated rings. The lowest BCUT2D eigenvalue weighted by Gasteiger charge is -2.12. The van der Waals surface area contributed by atoms with E-state index in [1.807, 2.05) is 19.0 Å². The summed E-state index contributed by atoms with van der Waals surface area (Å²) in [6.45, 7) is 2.78. The maximum atomic E-state index is 12.0. The fourth-order valence-electron chi connectivity index (χ4n) is 1.46. The quantitative estimate of drug-likeness (QED) is 0.750. The van der Waals surface area contributed by atoms with E-state index >= 15 is 0 Å². The Balaban J connectivity index is 2.83. The number of nitrogens with one attached hydrogen (secondary N) is 1. The molecule has 3 N–H and O–H groups in total. The zero-order valence-electron chi connectivity index (χ0n) is 10.4. The molecule has 0 atom stereocenters. The predicted molar refractivity (Wildman–Crippen MR) is 69.3 cm³/mol. The highest BCUT2D eigenvalue weighted by molar-refractivity contribution is 7.89. The third kappa shape index (κ3) is 3.99. The van der Waals surface area contributed by atoms with E-state index < -0.39 is 10.0 Å². The first-order valence-electron chi connectivity index (χ1n) is 5.33. The number of nitrogens with zero attached hydrogens (tertiary/aromatic N) is 1. The molecule has 0 radical (unpaired) electrons. The average Bonchev–Trinajstić information content (AvgIpc) is 2.15. The second-order valence-electron chi connectivity index (χ2n) is 4.23. The molecule has 0 aliphatic rings. The summed E-state index contributed by atoms with van der Waals surface area (Å²) in [5.74, 6) is 0. The van der Waals surface area contributed by atoms with Crippen LogP contribution in [0.25, 0.3) is 0 Å². The van der Waals surface area contributed by atoms with E-state index in [1.54, 1.807) is 19.1 Å². The lowest BCUT2D eigenvalue weighted by molar-refractivity contribution is 0.412. The van der Waals surface area contributed by atoms with Crippen molar-refractivity contribution in [2.75, 3.05) is 32.9 Å². The van der Waals surface area contributed by atoms with Crippen LogP contribution in [0.15, 0.2) is 23.1 Å². The van der Waals surface area contributed by atoms with Gasteiger partial charge in [0.2, 0.25) is 10.0 Å². The highest BCUT2D eigenvalue weighted by Gasteiger charge is 2.15. The zero-order chi connectivity index (χ0) is 13.1. The number of sulfonamides is 1. The van der Waals surface area contributed by atoms with Crippen LogP contribution in [0.3, 0.4) is 0 Å².